The summed E-state index contributed by atoms with van der Waals surface area (Å²) in [7, 11) is 0. The van der Waals surface area contributed by atoms with Gasteiger partial charge in [0.25, 0.3) is 5.56 Å². The normalized spacial score (nSPS) is 13.8. The fraction of sp³-hybridized carbons (Fsp3) is 0.345. The summed E-state index contributed by atoms with van der Waals surface area (Å²) in [5, 5.41) is 3.33. The van der Waals surface area contributed by atoms with Crippen LogP contribution in [0.3, 0.4) is 0 Å². The predicted molar refractivity (Wildman–Crippen MR) is 135 cm³/mol. The minimum Gasteiger partial charge on any atom is -0.493 e. The molecule has 0 saturated carbocycles. The maximum Gasteiger partial charge on any atom is 0.254 e. The van der Waals surface area contributed by atoms with Crippen LogP contribution in [-0.2, 0) is 17.8 Å². The maximum absolute atomic E-state index is 12.7. The summed E-state index contributed by atoms with van der Waals surface area (Å²) in [4.78, 5) is 12.7. The Labute approximate surface area is 201 Å². The summed E-state index contributed by atoms with van der Waals surface area (Å²) in [6.45, 7) is 6.14. The number of nitrogens with one attached hydrogen (secondary N) is 1. The van der Waals surface area contributed by atoms with E-state index in [1.807, 2.05) is 55.5 Å². The number of rotatable bonds is 8. The molecule has 34 heavy (non-hydrogen) atoms. The van der Waals surface area contributed by atoms with Crippen LogP contribution in [0.25, 0.3) is 0 Å². The highest BCUT2D eigenvalue weighted by Crippen LogP contribution is 2.18. The molecule has 5 heteroatoms. The highest BCUT2D eigenvalue weighted by atomic mass is 16.5. The van der Waals surface area contributed by atoms with Crippen molar-refractivity contribution in [1.29, 1.82) is 0 Å². The van der Waals surface area contributed by atoms with E-state index in [-0.39, 0.29) is 5.56 Å². The number of aryl methyl sites for hydroxylation is 1. The average Bonchev–Trinajstić information content (AvgIpc) is 2.87. The Hall–Kier alpha value is -3.33. The van der Waals surface area contributed by atoms with Crippen LogP contribution in [0.5, 0.6) is 5.75 Å². The molecule has 1 aliphatic rings. The van der Waals surface area contributed by atoms with E-state index in [2.05, 4.69) is 29.3 Å². The van der Waals surface area contributed by atoms with Crippen molar-refractivity contribution < 1.29 is 9.47 Å². The Morgan fingerprint density at radius 3 is 2.53 bits per heavy atom. The second-order valence-corrected chi connectivity index (χ2v) is 8.71. The van der Waals surface area contributed by atoms with Crippen LogP contribution >= 0.6 is 0 Å². The van der Waals surface area contributed by atoms with E-state index in [1.54, 1.807) is 10.6 Å². The van der Waals surface area contributed by atoms with Crippen LogP contribution in [0.4, 0.5) is 0 Å². The molecular weight excluding hydrogens is 424 g/mol. The molecule has 0 radical (unpaired) electrons. The van der Waals surface area contributed by atoms with Gasteiger partial charge in [-0.1, -0.05) is 54.3 Å². The fourth-order valence-electron chi connectivity index (χ4n) is 4.00. The number of ether oxygens (including phenoxy) is 2. The lowest BCUT2D eigenvalue weighted by atomic mass is 10.0. The zero-order chi connectivity index (χ0) is 23.6. The zero-order valence-corrected chi connectivity index (χ0v) is 19.8. The third-order valence-corrected chi connectivity index (χ3v) is 6.05. The van der Waals surface area contributed by atoms with E-state index in [0.717, 1.165) is 49.4 Å². The summed E-state index contributed by atoms with van der Waals surface area (Å²) in [6, 6.07) is 21.9. The van der Waals surface area contributed by atoms with Crippen LogP contribution in [0.2, 0.25) is 0 Å². The van der Waals surface area contributed by atoms with E-state index >= 15 is 0 Å². The summed E-state index contributed by atoms with van der Waals surface area (Å²) in [5.74, 6) is 7.50. The first-order valence-electron chi connectivity index (χ1n) is 11.9. The Kier molecular flexibility index (Phi) is 8.56. The molecule has 0 unspecified atom stereocenters. The van der Waals surface area contributed by atoms with Gasteiger partial charge < -0.3 is 19.4 Å². The van der Waals surface area contributed by atoms with Crippen molar-refractivity contribution in [3.05, 3.63) is 99.5 Å². The van der Waals surface area contributed by atoms with Crippen molar-refractivity contribution in [2.45, 2.75) is 32.9 Å². The molecule has 5 nitrogen and oxygen atoms in total. The monoisotopic (exact) mass is 456 g/mol. The molecule has 3 aromatic rings. The van der Waals surface area contributed by atoms with Gasteiger partial charge in [0.05, 0.1) is 19.7 Å². The highest BCUT2D eigenvalue weighted by Gasteiger charge is 2.15. The van der Waals surface area contributed by atoms with Gasteiger partial charge in [0, 0.05) is 37.1 Å². The van der Waals surface area contributed by atoms with Crippen LogP contribution in [0, 0.1) is 24.7 Å². The smallest absolute Gasteiger partial charge is 0.254 e. The first-order valence-corrected chi connectivity index (χ1v) is 11.9. The van der Waals surface area contributed by atoms with Gasteiger partial charge in [-0.05, 0) is 55.0 Å². The molecule has 176 valence electrons. The van der Waals surface area contributed by atoms with Gasteiger partial charge in [0.2, 0.25) is 0 Å². The number of hydrogen-bond donors (Lipinski definition) is 1. The molecule has 2 heterocycles. The van der Waals surface area contributed by atoms with Gasteiger partial charge in [-0.15, -0.1) is 0 Å². The molecule has 1 N–H and O–H groups in total. The third-order valence-electron chi connectivity index (χ3n) is 6.05. The zero-order valence-electron chi connectivity index (χ0n) is 19.8. The van der Waals surface area contributed by atoms with Crippen molar-refractivity contribution >= 4 is 0 Å². The minimum atomic E-state index is -0.0460. The number of benzene rings is 2. The molecule has 0 amide bonds. The summed E-state index contributed by atoms with van der Waals surface area (Å²) < 4.78 is 13.1. The quantitative estimate of drug-likeness (QED) is 0.409. The number of pyridine rings is 1. The van der Waals surface area contributed by atoms with Crippen LogP contribution in [0.1, 0.15) is 35.2 Å². The number of nitrogens with zero attached hydrogens (tertiary/aromatic N) is 1. The molecule has 1 fully saturated rings. The SMILES string of the molecule is Cc1cc(OCC2CCOCC2)cc(=O)n1Cc1ccc(C#CCNCc2ccccc2)cc1. The summed E-state index contributed by atoms with van der Waals surface area (Å²) >= 11 is 0. The van der Waals surface area contributed by atoms with Gasteiger partial charge in [-0.25, -0.2) is 0 Å². The molecule has 1 aromatic heterocycles. The fourth-order valence-corrected chi connectivity index (χ4v) is 4.00. The molecular formula is C29H32N2O3. The van der Waals surface area contributed by atoms with Gasteiger partial charge >= 0.3 is 0 Å². The van der Waals surface area contributed by atoms with E-state index in [0.29, 0.717) is 31.4 Å². The van der Waals surface area contributed by atoms with Gasteiger partial charge in [-0.3, -0.25) is 4.79 Å². The van der Waals surface area contributed by atoms with E-state index in [9.17, 15) is 4.79 Å². The first-order chi connectivity index (χ1) is 16.7. The predicted octanol–water partition coefficient (Wildman–Crippen LogP) is 4.15. The van der Waals surface area contributed by atoms with Crippen LogP contribution < -0.4 is 15.6 Å². The van der Waals surface area contributed by atoms with Crippen LogP contribution in [-0.4, -0.2) is 30.9 Å². The Bertz CT molecular complexity index is 1170. The number of aromatic nitrogens is 1. The lowest BCUT2D eigenvalue weighted by Gasteiger charge is -2.22. The summed E-state index contributed by atoms with van der Waals surface area (Å²) in [5.41, 5.74) is 4.12. The molecule has 0 spiro atoms. The standard InChI is InChI=1S/C29H32N2O3/c1-23-18-28(34-22-27-13-16-33-17-14-27)19-29(32)31(23)21-26-11-9-24(10-12-26)8-5-15-30-20-25-6-3-2-4-7-25/h2-4,6-7,9-12,18-19,27,30H,13-17,20-22H2,1H3. The maximum atomic E-state index is 12.7. The first kappa shape index (κ1) is 23.8. The van der Waals surface area contributed by atoms with Crippen molar-refractivity contribution in [2.75, 3.05) is 26.4 Å². The van der Waals surface area contributed by atoms with Gasteiger partial charge in [0.15, 0.2) is 0 Å². The Morgan fingerprint density at radius 2 is 1.79 bits per heavy atom. The van der Waals surface area contributed by atoms with Crippen molar-refractivity contribution in [3.8, 4) is 17.6 Å². The molecule has 4 rings (SSSR count). The summed E-state index contributed by atoms with van der Waals surface area (Å²) in [6.07, 6.45) is 2.03. The van der Waals surface area contributed by atoms with Gasteiger partial charge in [-0.2, -0.15) is 0 Å². The molecule has 1 aliphatic heterocycles. The second-order valence-electron chi connectivity index (χ2n) is 8.71. The third kappa shape index (κ3) is 7.08. The van der Waals surface area contributed by atoms with E-state index in [4.69, 9.17) is 9.47 Å². The Morgan fingerprint density at radius 1 is 1.03 bits per heavy atom. The average molecular weight is 457 g/mol. The van der Waals surface area contributed by atoms with Gasteiger partial charge in [0.1, 0.15) is 5.75 Å². The molecule has 2 aromatic carbocycles. The molecule has 0 atom stereocenters. The topological polar surface area (TPSA) is 52.5 Å². The van der Waals surface area contributed by atoms with Crippen molar-refractivity contribution in [2.24, 2.45) is 5.92 Å². The minimum absolute atomic E-state index is 0.0460. The highest BCUT2D eigenvalue weighted by molar-refractivity contribution is 5.36. The van der Waals surface area contributed by atoms with Crippen LogP contribution in [0.15, 0.2) is 71.5 Å². The van der Waals surface area contributed by atoms with Crippen molar-refractivity contribution in [1.82, 2.24) is 9.88 Å². The Balaban J connectivity index is 1.29. The van der Waals surface area contributed by atoms with E-state index in [1.165, 1.54) is 5.56 Å². The molecule has 0 bridgehead atoms. The van der Waals surface area contributed by atoms with Crippen molar-refractivity contribution in [3.63, 3.8) is 0 Å². The lowest BCUT2D eigenvalue weighted by Crippen LogP contribution is -2.24. The molecule has 1 saturated heterocycles. The molecule has 0 aliphatic carbocycles. The largest absolute Gasteiger partial charge is 0.493 e. The number of hydrogen-bond acceptors (Lipinski definition) is 4. The second kappa shape index (κ2) is 12.2. The lowest BCUT2D eigenvalue weighted by molar-refractivity contribution is 0.0497. The van der Waals surface area contributed by atoms with E-state index < -0.39 is 0 Å².